The van der Waals surface area contributed by atoms with Crippen LogP contribution < -0.4 is 10.6 Å². The highest BCUT2D eigenvalue weighted by atomic mass is 79.9. The Labute approximate surface area is 140 Å². The topological polar surface area (TPSA) is 85.8 Å². The molecular formula is C15H14BrN5O2. The number of carbonyl (C=O) groups excluding carboxylic acids is 1. The first kappa shape index (κ1) is 15.3. The SMILES string of the molecule is CN(C(=O)OCc1ccccc1)c1nc(Br)c2c(N)nccn12. The number of nitrogen functional groups attached to an aromatic ring is 1. The van der Waals surface area contributed by atoms with Crippen molar-refractivity contribution in [2.24, 2.45) is 0 Å². The maximum atomic E-state index is 12.2. The maximum Gasteiger partial charge on any atom is 0.416 e. The molecule has 2 aromatic heterocycles. The molecular weight excluding hydrogens is 362 g/mol. The lowest BCUT2D eigenvalue weighted by atomic mass is 10.2. The van der Waals surface area contributed by atoms with E-state index < -0.39 is 6.09 Å². The highest BCUT2D eigenvalue weighted by Gasteiger charge is 2.20. The minimum atomic E-state index is -0.511. The Morgan fingerprint density at radius 2 is 2.13 bits per heavy atom. The van der Waals surface area contributed by atoms with Crippen LogP contribution in [0.2, 0.25) is 0 Å². The number of nitrogens with two attached hydrogens (primary N) is 1. The van der Waals surface area contributed by atoms with Gasteiger partial charge in [0.2, 0.25) is 5.95 Å². The van der Waals surface area contributed by atoms with Gasteiger partial charge in [-0.3, -0.25) is 4.40 Å². The zero-order chi connectivity index (χ0) is 16.4. The summed E-state index contributed by atoms with van der Waals surface area (Å²) in [6, 6.07) is 9.47. The Morgan fingerprint density at radius 1 is 1.39 bits per heavy atom. The molecule has 7 nitrogen and oxygen atoms in total. The van der Waals surface area contributed by atoms with Gasteiger partial charge in [-0.25, -0.2) is 19.7 Å². The van der Waals surface area contributed by atoms with Crippen molar-refractivity contribution in [2.75, 3.05) is 17.7 Å². The van der Waals surface area contributed by atoms with E-state index in [1.807, 2.05) is 30.3 Å². The summed E-state index contributed by atoms with van der Waals surface area (Å²) in [6.07, 6.45) is 2.71. The highest BCUT2D eigenvalue weighted by molar-refractivity contribution is 9.10. The van der Waals surface area contributed by atoms with Crippen molar-refractivity contribution < 1.29 is 9.53 Å². The van der Waals surface area contributed by atoms with Crippen molar-refractivity contribution in [3.8, 4) is 0 Å². The lowest BCUT2D eigenvalue weighted by Crippen LogP contribution is -2.28. The van der Waals surface area contributed by atoms with Crippen molar-refractivity contribution >= 4 is 39.3 Å². The van der Waals surface area contributed by atoms with Crippen LogP contribution in [0.5, 0.6) is 0 Å². The summed E-state index contributed by atoms with van der Waals surface area (Å²) in [5, 5.41) is 0. The van der Waals surface area contributed by atoms with Crippen LogP contribution in [0.15, 0.2) is 47.3 Å². The van der Waals surface area contributed by atoms with Crippen LogP contribution in [0, 0.1) is 0 Å². The number of rotatable bonds is 3. The zero-order valence-corrected chi connectivity index (χ0v) is 13.9. The molecule has 0 fully saturated rings. The van der Waals surface area contributed by atoms with Gasteiger partial charge < -0.3 is 10.5 Å². The van der Waals surface area contributed by atoms with Crippen molar-refractivity contribution in [1.82, 2.24) is 14.4 Å². The smallest absolute Gasteiger partial charge is 0.416 e. The molecule has 0 aliphatic rings. The molecule has 0 bridgehead atoms. The molecule has 118 valence electrons. The number of ether oxygens (including phenoxy) is 1. The summed E-state index contributed by atoms with van der Waals surface area (Å²) >= 11 is 3.33. The molecule has 3 aromatic rings. The first-order valence-corrected chi connectivity index (χ1v) is 7.59. The third kappa shape index (κ3) is 2.98. The lowest BCUT2D eigenvalue weighted by Gasteiger charge is -2.15. The van der Waals surface area contributed by atoms with Gasteiger partial charge in [-0.1, -0.05) is 30.3 Å². The Bertz CT molecular complexity index is 850. The van der Waals surface area contributed by atoms with Crippen molar-refractivity contribution in [3.63, 3.8) is 0 Å². The number of carbonyl (C=O) groups is 1. The van der Waals surface area contributed by atoms with E-state index in [4.69, 9.17) is 10.5 Å². The number of halogens is 1. The normalized spacial score (nSPS) is 10.7. The number of fused-ring (bicyclic) bond motifs is 1. The summed E-state index contributed by atoms with van der Waals surface area (Å²) in [5.74, 6) is 0.711. The maximum absolute atomic E-state index is 12.2. The molecule has 0 aliphatic carbocycles. The van der Waals surface area contributed by atoms with Crippen LogP contribution in [-0.4, -0.2) is 27.5 Å². The largest absolute Gasteiger partial charge is 0.444 e. The second-order valence-electron chi connectivity index (χ2n) is 4.83. The second kappa shape index (κ2) is 6.25. The molecule has 0 unspecified atom stereocenters. The van der Waals surface area contributed by atoms with Gasteiger partial charge >= 0.3 is 6.09 Å². The van der Waals surface area contributed by atoms with Crippen LogP contribution in [0.1, 0.15) is 5.56 Å². The number of aromatic nitrogens is 3. The molecule has 0 saturated heterocycles. The molecule has 2 heterocycles. The molecule has 2 N–H and O–H groups in total. The summed E-state index contributed by atoms with van der Waals surface area (Å²) in [4.78, 5) is 21.9. The van der Waals surface area contributed by atoms with Crippen LogP contribution in [0.25, 0.3) is 5.52 Å². The van der Waals surface area contributed by atoms with Gasteiger partial charge in [0.05, 0.1) is 0 Å². The molecule has 0 atom stereocenters. The first-order valence-electron chi connectivity index (χ1n) is 6.80. The quantitative estimate of drug-likeness (QED) is 0.760. The summed E-state index contributed by atoms with van der Waals surface area (Å²) in [5.41, 5.74) is 7.36. The predicted octanol–water partition coefficient (Wildman–Crippen LogP) is 2.85. The molecule has 0 radical (unpaired) electrons. The third-order valence-corrected chi connectivity index (χ3v) is 3.85. The Kier molecular flexibility index (Phi) is 4.16. The molecule has 0 aliphatic heterocycles. The average Bonchev–Trinajstić information content (AvgIpc) is 2.91. The monoisotopic (exact) mass is 375 g/mol. The van der Waals surface area contributed by atoms with E-state index in [1.54, 1.807) is 23.8 Å². The Balaban J connectivity index is 1.81. The molecule has 3 rings (SSSR count). The van der Waals surface area contributed by atoms with Gasteiger partial charge in [0.15, 0.2) is 5.82 Å². The first-order chi connectivity index (χ1) is 11.1. The van der Waals surface area contributed by atoms with Gasteiger partial charge in [0.25, 0.3) is 0 Å². The van der Waals surface area contributed by atoms with E-state index in [0.717, 1.165) is 5.56 Å². The zero-order valence-electron chi connectivity index (χ0n) is 12.3. The number of imidazole rings is 1. The third-order valence-electron chi connectivity index (χ3n) is 3.30. The van der Waals surface area contributed by atoms with Gasteiger partial charge in [0, 0.05) is 19.4 Å². The van der Waals surface area contributed by atoms with Crippen molar-refractivity contribution in [3.05, 3.63) is 52.9 Å². The summed E-state index contributed by atoms with van der Waals surface area (Å²) < 4.78 is 7.50. The molecule has 1 amide bonds. The average molecular weight is 376 g/mol. The van der Waals surface area contributed by atoms with Crippen LogP contribution in [-0.2, 0) is 11.3 Å². The molecule has 0 saturated carbocycles. The van der Waals surface area contributed by atoms with E-state index in [2.05, 4.69) is 25.9 Å². The van der Waals surface area contributed by atoms with E-state index >= 15 is 0 Å². The fourth-order valence-electron chi connectivity index (χ4n) is 2.14. The second-order valence-corrected chi connectivity index (χ2v) is 5.58. The number of benzene rings is 1. The van der Waals surface area contributed by atoms with Crippen molar-refractivity contribution in [1.29, 1.82) is 0 Å². The number of anilines is 2. The van der Waals surface area contributed by atoms with E-state index in [-0.39, 0.29) is 6.61 Å². The molecule has 0 spiro atoms. The molecule has 23 heavy (non-hydrogen) atoms. The Morgan fingerprint density at radius 3 is 2.87 bits per heavy atom. The van der Waals surface area contributed by atoms with Crippen molar-refractivity contribution in [2.45, 2.75) is 6.61 Å². The number of nitrogens with zero attached hydrogens (tertiary/aromatic N) is 4. The molecule has 1 aromatic carbocycles. The van der Waals surface area contributed by atoms with Gasteiger partial charge in [-0.05, 0) is 21.5 Å². The summed E-state index contributed by atoms with van der Waals surface area (Å²) in [7, 11) is 1.59. The van der Waals surface area contributed by atoms with E-state index in [0.29, 0.717) is 21.9 Å². The highest BCUT2D eigenvalue weighted by Crippen LogP contribution is 2.27. The minimum absolute atomic E-state index is 0.193. The van der Waals surface area contributed by atoms with Crippen LogP contribution >= 0.6 is 15.9 Å². The standard InChI is InChI=1S/C15H14BrN5O2/c1-20(15(22)23-9-10-5-3-2-4-6-10)14-19-12(16)11-13(17)18-7-8-21(11)14/h2-8H,9H2,1H3,(H2,17,18). The van der Waals surface area contributed by atoms with E-state index in [9.17, 15) is 4.79 Å². The number of hydrogen-bond donors (Lipinski definition) is 1. The summed E-state index contributed by atoms with van der Waals surface area (Å²) in [6.45, 7) is 0.193. The predicted molar refractivity (Wildman–Crippen MR) is 90.1 cm³/mol. The fraction of sp³-hybridized carbons (Fsp3) is 0.133. The van der Waals surface area contributed by atoms with Crippen LogP contribution in [0.4, 0.5) is 16.6 Å². The fourth-order valence-corrected chi connectivity index (χ4v) is 2.69. The lowest BCUT2D eigenvalue weighted by molar-refractivity contribution is 0.148. The van der Waals surface area contributed by atoms with Gasteiger partial charge in [-0.15, -0.1) is 0 Å². The number of amides is 1. The van der Waals surface area contributed by atoms with Crippen LogP contribution in [0.3, 0.4) is 0 Å². The Hall–Kier alpha value is -2.61. The minimum Gasteiger partial charge on any atom is -0.444 e. The van der Waals surface area contributed by atoms with E-state index in [1.165, 1.54) is 4.90 Å². The van der Waals surface area contributed by atoms with Gasteiger partial charge in [-0.2, -0.15) is 0 Å². The molecule has 8 heteroatoms. The van der Waals surface area contributed by atoms with Gasteiger partial charge in [0.1, 0.15) is 16.7 Å². The number of hydrogen-bond acceptors (Lipinski definition) is 5.